The van der Waals surface area contributed by atoms with E-state index in [-0.39, 0.29) is 11.9 Å². The van der Waals surface area contributed by atoms with E-state index in [1.165, 1.54) is 6.07 Å². The summed E-state index contributed by atoms with van der Waals surface area (Å²) in [6, 6.07) is 12.7. The summed E-state index contributed by atoms with van der Waals surface area (Å²) in [6.45, 7) is 5.45. The number of benzene rings is 1. The van der Waals surface area contributed by atoms with Crippen LogP contribution >= 0.6 is 0 Å². The fraction of sp³-hybridized carbons (Fsp3) is 0.333. The first-order valence-electron chi connectivity index (χ1n) is 7.78. The second kappa shape index (κ2) is 6.76. The molecular weight excluding hydrogens is 291 g/mol. The van der Waals surface area contributed by atoms with E-state index in [1.807, 2.05) is 6.07 Å². The summed E-state index contributed by atoms with van der Waals surface area (Å²) in [7, 11) is 0. The molecule has 2 heterocycles. The Labute approximate surface area is 135 Å². The molecule has 5 heteroatoms. The molecule has 1 atom stereocenters. The summed E-state index contributed by atoms with van der Waals surface area (Å²) in [5.74, 6) is 0.563. The Balaban J connectivity index is 1.68. The minimum absolute atomic E-state index is 0.173. The maximum atomic E-state index is 13.4. The van der Waals surface area contributed by atoms with Crippen molar-refractivity contribution in [3.63, 3.8) is 0 Å². The normalized spacial score (nSPS) is 16.8. The molecule has 1 aliphatic rings. The van der Waals surface area contributed by atoms with Crippen LogP contribution < -0.4 is 4.90 Å². The third-order valence-corrected chi connectivity index (χ3v) is 4.40. The van der Waals surface area contributed by atoms with Crippen LogP contribution in [0.2, 0.25) is 0 Å². The number of piperazine rings is 1. The van der Waals surface area contributed by atoms with Crippen LogP contribution in [-0.2, 0) is 0 Å². The Morgan fingerprint density at radius 1 is 1.17 bits per heavy atom. The van der Waals surface area contributed by atoms with Crippen molar-refractivity contribution in [1.82, 2.24) is 9.88 Å². The summed E-state index contributed by atoms with van der Waals surface area (Å²) in [5, 5.41) is 9.20. The van der Waals surface area contributed by atoms with Gasteiger partial charge in [0.2, 0.25) is 0 Å². The number of nitrogens with zero attached hydrogens (tertiary/aromatic N) is 4. The quantitative estimate of drug-likeness (QED) is 0.874. The average molecular weight is 310 g/mol. The van der Waals surface area contributed by atoms with Gasteiger partial charge in [0.05, 0.1) is 5.56 Å². The van der Waals surface area contributed by atoms with Crippen molar-refractivity contribution in [2.24, 2.45) is 0 Å². The van der Waals surface area contributed by atoms with Crippen molar-refractivity contribution < 1.29 is 4.39 Å². The first kappa shape index (κ1) is 15.4. The molecule has 0 aliphatic carbocycles. The molecular formula is C18H19FN4. The molecule has 1 unspecified atom stereocenters. The highest BCUT2D eigenvalue weighted by atomic mass is 19.1. The van der Waals surface area contributed by atoms with Crippen LogP contribution in [0.3, 0.4) is 0 Å². The zero-order chi connectivity index (χ0) is 16.2. The molecule has 2 aromatic rings. The molecule has 0 saturated carbocycles. The van der Waals surface area contributed by atoms with Gasteiger partial charge < -0.3 is 4.90 Å². The van der Waals surface area contributed by atoms with Crippen molar-refractivity contribution in [2.75, 3.05) is 31.1 Å². The Morgan fingerprint density at radius 2 is 1.96 bits per heavy atom. The van der Waals surface area contributed by atoms with E-state index in [4.69, 9.17) is 0 Å². The van der Waals surface area contributed by atoms with Gasteiger partial charge >= 0.3 is 0 Å². The smallest absolute Gasteiger partial charge is 0.146 e. The van der Waals surface area contributed by atoms with Gasteiger partial charge in [-0.3, -0.25) is 4.90 Å². The van der Waals surface area contributed by atoms with E-state index in [2.05, 4.69) is 27.8 Å². The number of halogens is 1. The van der Waals surface area contributed by atoms with Crippen molar-refractivity contribution in [2.45, 2.75) is 13.0 Å². The van der Waals surface area contributed by atoms with E-state index in [1.54, 1.807) is 30.5 Å². The zero-order valence-corrected chi connectivity index (χ0v) is 13.1. The lowest BCUT2D eigenvalue weighted by atomic mass is 10.1. The molecule has 0 amide bonds. The van der Waals surface area contributed by atoms with Crippen molar-refractivity contribution >= 4 is 5.82 Å². The standard InChI is InChI=1S/C18H19FN4/c1-14(15-4-2-6-17(19)12-15)22-8-10-23(11-9-22)18-16(13-20)5-3-7-21-18/h2-7,12,14H,8-11H2,1H3. The van der Waals surface area contributed by atoms with E-state index in [0.29, 0.717) is 5.56 Å². The molecule has 118 valence electrons. The molecule has 1 aliphatic heterocycles. The SMILES string of the molecule is CC(c1cccc(F)c1)N1CCN(c2ncccc2C#N)CC1. The lowest BCUT2D eigenvalue weighted by Crippen LogP contribution is -2.47. The molecule has 23 heavy (non-hydrogen) atoms. The number of anilines is 1. The molecule has 1 aromatic carbocycles. The third-order valence-electron chi connectivity index (χ3n) is 4.40. The van der Waals surface area contributed by atoms with Gasteiger partial charge in [0, 0.05) is 38.4 Å². The van der Waals surface area contributed by atoms with Crippen LogP contribution in [0.5, 0.6) is 0 Å². The number of rotatable bonds is 3. The number of nitriles is 1. The van der Waals surface area contributed by atoms with Crippen molar-refractivity contribution in [3.8, 4) is 6.07 Å². The predicted molar refractivity (Wildman–Crippen MR) is 87.6 cm³/mol. The van der Waals surface area contributed by atoms with Crippen LogP contribution in [0.4, 0.5) is 10.2 Å². The number of hydrogen-bond acceptors (Lipinski definition) is 4. The van der Waals surface area contributed by atoms with Gasteiger partial charge in [-0.25, -0.2) is 9.37 Å². The first-order valence-corrected chi connectivity index (χ1v) is 7.78. The average Bonchev–Trinajstić information content (AvgIpc) is 2.61. The highest BCUT2D eigenvalue weighted by Crippen LogP contribution is 2.24. The fourth-order valence-corrected chi connectivity index (χ4v) is 3.03. The number of hydrogen-bond donors (Lipinski definition) is 0. The third kappa shape index (κ3) is 3.33. The number of aromatic nitrogens is 1. The monoisotopic (exact) mass is 310 g/mol. The Kier molecular flexibility index (Phi) is 4.54. The molecule has 1 saturated heterocycles. The Hall–Kier alpha value is -2.45. The minimum Gasteiger partial charge on any atom is -0.353 e. The Bertz CT molecular complexity index is 717. The van der Waals surface area contributed by atoms with Gasteiger partial charge in [0.1, 0.15) is 17.7 Å². The van der Waals surface area contributed by atoms with Crippen LogP contribution in [0.15, 0.2) is 42.6 Å². The highest BCUT2D eigenvalue weighted by Gasteiger charge is 2.24. The maximum absolute atomic E-state index is 13.4. The van der Waals surface area contributed by atoms with Crippen LogP contribution in [0, 0.1) is 17.1 Å². The van der Waals surface area contributed by atoms with E-state index < -0.39 is 0 Å². The molecule has 3 rings (SSSR count). The topological polar surface area (TPSA) is 43.2 Å². The second-order valence-corrected chi connectivity index (χ2v) is 5.74. The summed E-state index contributed by atoms with van der Waals surface area (Å²) in [6.07, 6.45) is 1.72. The first-order chi connectivity index (χ1) is 11.2. The summed E-state index contributed by atoms with van der Waals surface area (Å²) < 4.78 is 13.4. The fourth-order valence-electron chi connectivity index (χ4n) is 3.03. The molecule has 1 fully saturated rings. The largest absolute Gasteiger partial charge is 0.353 e. The van der Waals surface area contributed by atoms with Crippen molar-refractivity contribution in [3.05, 3.63) is 59.5 Å². The predicted octanol–water partition coefficient (Wildman–Crippen LogP) is 2.98. The van der Waals surface area contributed by atoms with E-state index >= 15 is 0 Å². The molecule has 4 nitrogen and oxygen atoms in total. The molecule has 0 N–H and O–H groups in total. The van der Waals surface area contributed by atoms with Gasteiger partial charge in [-0.15, -0.1) is 0 Å². The lowest BCUT2D eigenvalue weighted by Gasteiger charge is -2.39. The molecule has 0 radical (unpaired) electrons. The van der Waals surface area contributed by atoms with Gasteiger partial charge in [0.25, 0.3) is 0 Å². The van der Waals surface area contributed by atoms with Crippen molar-refractivity contribution in [1.29, 1.82) is 5.26 Å². The summed E-state index contributed by atoms with van der Waals surface area (Å²) in [4.78, 5) is 8.83. The molecule has 0 spiro atoms. The van der Waals surface area contributed by atoms with Gasteiger partial charge in [-0.1, -0.05) is 12.1 Å². The van der Waals surface area contributed by atoms with Crippen LogP contribution in [0.1, 0.15) is 24.1 Å². The lowest BCUT2D eigenvalue weighted by molar-refractivity contribution is 0.198. The van der Waals surface area contributed by atoms with E-state index in [0.717, 1.165) is 37.6 Å². The van der Waals surface area contributed by atoms with Gasteiger partial charge in [-0.05, 0) is 36.8 Å². The van der Waals surface area contributed by atoms with Crippen LogP contribution in [0.25, 0.3) is 0 Å². The zero-order valence-electron chi connectivity index (χ0n) is 13.1. The number of pyridine rings is 1. The second-order valence-electron chi connectivity index (χ2n) is 5.74. The highest BCUT2D eigenvalue weighted by molar-refractivity contribution is 5.53. The molecule has 1 aromatic heterocycles. The summed E-state index contributed by atoms with van der Waals surface area (Å²) in [5.41, 5.74) is 1.60. The molecule has 0 bridgehead atoms. The summed E-state index contributed by atoms with van der Waals surface area (Å²) >= 11 is 0. The van der Waals surface area contributed by atoms with Gasteiger partial charge in [0.15, 0.2) is 0 Å². The minimum atomic E-state index is -0.194. The van der Waals surface area contributed by atoms with Gasteiger partial charge in [-0.2, -0.15) is 5.26 Å². The van der Waals surface area contributed by atoms with Crippen LogP contribution in [-0.4, -0.2) is 36.1 Å². The maximum Gasteiger partial charge on any atom is 0.146 e. The van der Waals surface area contributed by atoms with E-state index in [9.17, 15) is 9.65 Å². The Morgan fingerprint density at radius 3 is 2.65 bits per heavy atom.